The van der Waals surface area contributed by atoms with E-state index in [1.54, 1.807) is 12.1 Å². The van der Waals surface area contributed by atoms with Crippen molar-refractivity contribution in [2.45, 2.75) is 0 Å². The third-order valence-electron chi connectivity index (χ3n) is 0.671. The van der Waals surface area contributed by atoms with Crippen molar-refractivity contribution in [3.8, 4) is 0 Å². The molecule has 1 rings (SSSR count). The molecule has 0 aliphatic rings. The predicted molar refractivity (Wildman–Crippen MR) is 30.3 cm³/mol. The van der Waals surface area contributed by atoms with Crippen LogP contribution in [0.15, 0.2) is 24.3 Å². The van der Waals surface area contributed by atoms with Crippen LogP contribution in [0.2, 0.25) is 5.02 Å². The van der Waals surface area contributed by atoms with Crippen molar-refractivity contribution in [2.24, 2.45) is 0 Å². The van der Waals surface area contributed by atoms with Gasteiger partial charge in [-0.3, -0.25) is 0 Å². The first kappa shape index (κ1) is 8.51. The van der Waals surface area contributed by atoms with Crippen LogP contribution in [0.5, 0.6) is 0 Å². The van der Waals surface area contributed by atoms with E-state index in [4.69, 9.17) is 11.6 Å². The number of hydrogen-bond donors (Lipinski definition) is 0. The van der Waals surface area contributed by atoms with Gasteiger partial charge in [-0.15, -0.1) is 11.6 Å². The van der Waals surface area contributed by atoms with Crippen molar-refractivity contribution < 1.29 is 29.6 Å². The summed E-state index contributed by atoms with van der Waals surface area (Å²) in [6.07, 6.45) is 0. The monoisotopic (exact) mass is 134 g/mol. The number of rotatable bonds is 0. The first-order valence-corrected chi connectivity index (χ1v) is 2.39. The van der Waals surface area contributed by atoms with Gasteiger partial charge in [-0.05, 0) is 0 Å². The second-order valence-corrected chi connectivity index (χ2v) is 1.62. The van der Waals surface area contributed by atoms with Crippen molar-refractivity contribution in [3.05, 3.63) is 35.4 Å². The average Bonchev–Trinajstić information content (AvgIpc) is 1.69. The van der Waals surface area contributed by atoms with Gasteiger partial charge in [0.2, 0.25) is 0 Å². The van der Waals surface area contributed by atoms with Crippen LogP contribution in [0.3, 0.4) is 0 Å². The Morgan fingerprint density at radius 1 is 1.38 bits per heavy atom. The number of hydrogen-bond acceptors (Lipinski definition) is 0. The van der Waals surface area contributed by atoms with Gasteiger partial charge >= 0.3 is 29.6 Å². The molecule has 1 aromatic rings. The third kappa shape index (κ3) is 2.73. The second-order valence-electron chi connectivity index (χ2n) is 1.21. The quantitative estimate of drug-likeness (QED) is 0.320. The van der Waals surface area contributed by atoms with E-state index < -0.39 is 0 Å². The zero-order valence-electron chi connectivity index (χ0n) is 4.69. The molecule has 0 aromatic heterocycles. The summed E-state index contributed by atoms with van der Waals surface area (Å²) in [7, 11) is 0. The first-order valence-electron chi connectivity index (χ1n) is 2.02. The largest absolute Gasteiger partial charge is 1.00 e. The molecule has 0 bridgehead atoms. The summed E-state index contributed by atoms with van der Waals surface area (Å²) in [6, 6.07) is 10.1. The Bertz CT molecular complexity index is 138. The van der Waals surface area contributed by atoms with Crippen LogP contribution in [-0.2, 0) is 0 Å². The fraction of sp³-hybridized carbons (Fsp3) is 0. The smallest absolute Gasteiger partial charge is 0.176 e. The molecule has 0 radical (unpaired) electrons. The van der Waals surface area contributed by atoms with Gasteiger partial charge in [0.1, 0.15) is 0 Å². The zero-order valence-corrected chi connectivity index (χ0v) is 7.44. The number of benzene rings is 1. The SMILES string of the molecule is Clc1[c-]cccc1.[Na+]. The Morgan fingerprint density at radius 2 is 2.12 bits per heavy atom. The Hall–Kier alpha value is 0.510. The summed E-state index contributed by atoms with van der Waals surface area (Å²) in [5, 5.41) is 0.669. The standard InChI is InChI=1S/C6H4Cl.Na/c7-6-4-2-1-3-5-6;/h1-4H;/q-1;+1. The summed E-state index contributed by atoms with van der Waals surface area (Å²) in [5.74, 6) is 0. The molecule has 0 fully saturated rings. The molecule has 0 aliphatic heterocycles. The summed E-state index contributed by atoms with van der Waals surface area (Å²) in [5.41, 5.74) is 0. The van der Waals surface area contributed by atoms with Gasteiger partial charge in [0.15, 0.2) is 0 Å². The maximum atomic E-state index is 5.48. The summed E-state index contributed by atoms with van der Waals surface area (Å²) < 4.78 is 0. The van der Waals surface area contributed by atoms with Crippen LogP contribution in [0.1, 0.15) is 0 Å². The molecule has 36 valence electrons. The van der Waals surface area contributed by atoms with Crippen molar-refractivity contribution in [1.82, 2.24) is 0 Å². The molecule has 0 saturated carbocycles. The Balaban J connectivity index is 0.000000490. The summed E-state index contributed by atoms with van der Waals surface area (Å²) >= 11 is 5.48. The molecule has 0 spiro atoms. The fourth-order valence-electron chi connectivity index (χ4n) is 0.371. The van der Waals surface area contributed by atoms with Gasteiger partial charge in [-0.25, -0.2) is 0 Å². The molecule has 2 heteroatoms. The average molecular weight is 135 g/mol. The predicted octanol–water partition coefficient (Wildman–Crippen LogP) is -0.856. The summed E-state index contributed by atoms with van der Waals surface area (Å²) in [4.78, 5) is 0. The van der Waals surface area contributed by atoms with Gasteiger partial charge in [-0.1, -0.05) is 5.02 Å². The van der Waals surface area contributed by atoms with Gasteiger partial charge in [-0.2, -0.15) is 30.3 Å². The van der Waals surface area contributed by atoms with Gasteiger partial charge in [0.25, 0.3) is 0 Å². The molecule has 0 atom stereocenters. The van der Waals surface area contributed by atoms with Crippen LogP contribution in [0, 0.1) is 6.07 Å². The van der Waals surface area contributed by atoms with E-state index in [-0.39, 0.29) is 29.6 Å². The maximum Gasteiger partial charge on any atom is 1.00 e. The van der Waals surface area contributed by atoms with E-state index in [2.05, 4.69) is 6.07 Å². The molecular weight excluding hydrogens is 131 g/mol. The Morgan fingerprint density at radius 3 is 2.38 bits per heavy atom. The third-order valence-corrected chi connectivity index (χ3v) is 0.906. The minimum Gasteiger partial charge on any atom is -0.176 e. The Labute approximate surface area is 76.1 Å². The first-order chi connectivity index (χ1) is 3.39. The molecule has 0 unspecified atom stereocenters. The molecule has 8 heavy (non-hydrogen) atoms. The molecule has 0 aliphatic carbocycles. The van der Waals surface area contributed by atoms with Crippen molar-refractivity contribution in [2.75, 3.05) is 0 Å². The normalized spacial score (nSPS) is 7.62. The van der Waals surface area contributed by atoms with Crippen LogP contribution in [0.25, 0.3) is 0 Å². The topological polar surface area (TPSA) is 0 Å². The van der Waals surface area contributed by atoms with Crippen molar-refractivity contribution in [1.29, 1.82) is 0 Å². The number of halogens is 1. The van der Waals surface area contributed by atoms with E-state index in [9.17, 15) is 0 Å². The van der Waals surface area contributed by atoms with Crippen LogP contribution in [-0.4, -0.2) is 0 Å². The maximum absolute atomic E-state index is 5.48. The molecule has 0 N–H and O–H groups in total. The molecule has 1 aromatic carbocycles. The van der Waals surface area contributed by atoms with E-state index in [0.717, 1.165) is 0 Å². The zero-order chi connectivity index (χ0) is 5.11. The fourth-order valence-corrected chi connectivity index (χ4v) is 0.507. The van der Waals surface area contributed by atoms with Crippen LogP contribution < -0.4 is 29.6 Å². The summed E-state index contributed by atoms with van der Waals surface area (Å²) in [6.45, 7) is 0. The van der Waals surface area contributed by atoms with Crippen LogP contribution >= 0.6 is 11.6 Å². The second kappa shape index (κ2) is 4.39. The van der Waals surface area contributed by atoms with Crippen LogP contribution in [0.4, 0.5) is 0 Å². The molecule has 0 amide bonds. The van der Waals surface area contributed by atoms with Gasteiger partial charge in [0.05, 0.1) is 0 Å². The molecule has 0 nitrogen and oxygen atoms in total. The van der Waals surface area contributed by atoms with Crippen molar-refractivity contribution >= 4 is 11.6 Å². The molecule has 0 saturated heterocycles. The molecule has 0 heterocycles. The van der Waals surface area contributed by atoms with E-state index >= 15 is 0 Å². The Kier molecular flexibility index (Phi) is 4.68. The van der Waals surface area contributed by atoms with E-state index in [1.165, 1.54) is 0 Å². The van der Waals surface area contributed by atoms with Crippen molar-refractivity contribution in [3.63, 3.8) is 0 Å². The van der Waals surface area contributed by atoms with E-state index in [0.29, 0.717) is 5.02 Å². The van der Waals surface area contributed by atoms with E-state index in [1.807, 2.05) is 12.1 Å². The minimum atomic E-state index is 0. The van der Waals surface area contributed by atoms with Gasteiger partial charge in [0, 0.05) is 0 Å². The minimum absolute atomic E-state index is 0. The van der Waals surface area contributed by atoms with Gasteiger partial charge < -0.3 is 0 Å². The molecular formula is C6H4ClNa.